The summed E-state index contributed by atoms with van der Waals surface area (Å²) in [6, 6.07) is 6.12. The molecule has 0 saturated heterocycles. The van der Waals surface area contributed by atoms with Crippen molar-refractivity contribution >= 4 is 11.5 Å². The number of amidine groups is 1. The zero-order chi connectivity index (χ0) is 12.1. The number of nitrogens with zero attached hydrogens (tertiary/aromatic N) is 1. The van der Waals surface area contributed by atoms with Gasteiger partial charge >= 0.3 is 5.69 Å². The molecular weight excluding hydrogens is 210 g/mol. The summed E-state index contributed by atoms with van der Waals surface area (Å²) in [6.45, 7) is 1.71. The maximum atomic E-state index is 10.7. The first-order valence-electron chi connectivity index (χ1n) is 4.73. The van der Waals surface area contributed by atoms with Crippen LogP contribution in [0.2, 0.25) is 0 Å². The molecule has 6 nitrogen and oxygen atoms in total. The highest BCUT2D eigenvalue weighted by Crippen LogP contribution is 2.27. The van der Waals surface area contributed by atoms with Gasteiger partial charge in [0, 0.05) is 12.5 Å². The number of nitrogens with one attached hydrogen (secondary N) is 1. The van der Waals surface area contributed by atoms with Crippen molar-refractivity contribution in [2.45, 2.75) is 19.4 Å². The van der Waals surface area contributed by atoms with Crippen LogP contribution in [0.1, 0.15) is 13.3 Å². The molecule has 1 unspecified atom stereocenters. The second-order valence-electron chi connectivity index (χ2n) is 3.38. The molecule has 1 aromatic carbocycles. The van der Waals surface area contributed by atoms with Crippen molar-refractivity contribution in [1.82, 2.24) is 0 Å². The van der Waals surface area contributed by atoms with E-state index in [1.165, 1.54) is 12.1 Å². The molecule has 0 fully saturated rings. The molecule has 0 amide bonds. The fraction of sp³-hybridized carbons (Fsp3) is 0.300. The lowest BCUT2D eigenvalue weighted by Gasteiger charge is -2.13. The van der Waals surface area contributed by atoms with Crippen molar-refractivity contribution in [2.75, 3.05) is 0 Å². The first-order chi connectivity index (χ1) is 7.50. The van der Waals surface area contributed by atoms with E-state index in [1.807, 2.05) is 0 Å². The smallest absolute Gasteiger partial charge is 0.310 e. The topological polar surface area (TPSA) is 102 Å². The Labute approximate surface area is 92.7 Å². The van der Waals surface area contributed by atoms with Crippen molar-refractivity contribution in [2.24, 2.45) is 5.73 Å². The van der Waals surface area contributed by atoms with Crippen molar-refractivity contribution in [3.63, 3.8) is 0 Å². The van der Waals surface area contributed by atoms with Gasteiger partial charge in [0.1, 0.15) is 6.10 Å². The predicted molar refractivity (Wildman–Crippen MR) is 59.7 cm³/mol. The minimum Gasteiger partial charge on any atom is -0.483 e. The van der Waals surface area contributed by atoms with Crippen LogP contribution in [0.3, 0.4) is 0 Å². The van der Waals surface area contributed by atoms with E-state index < -0.39 is 4.92 Å². The lowest BCUT2D eigenvalue weighted by atomic mass is 10.2. The fourth-order valence-electron chi connectivity index (χ4n) is 1.28. The number of rotatable bonds is 5. The summed E-state index contributed by atoms with van der Waals surface area (Å²) < 4.78 is 5.36. The van der Waals surface area contributed by atoms with Crippen LogP contribution in [-0.4, -0.2) is 16.9 Å². The van der Waals surface area contributed by atoms with Crippen LogP contribution in [0.4, 0.5) is 5.69 Å². The maximum Gasteiger partial charge on any atom is 0.310 e. The molecule has 0 aromatic heterocycles. The summed E-state index contributed by atoms with van der Waals surface area (Å²) in [5.74, 6) is 0.187. The fourth-order valence-corrected chi connectivity index (χ4v) is 1.28. The van der Waals surface area contributed by atoms with Crippen LogP contribution < -0.4 is 10.5 Å². The van der Waals surface area contributed by atoms with Gasteiger partial charge in [-0.05, 0) is 13.0 Å². The number of benzene rings is 1. The van der Waals surface area contributed by atoms with Gasteiger partial charge in [0.15, 0.2) is 5.75 Å². The van der Waals surface area contributed by atoms with E-state index in [2.05, 4.69) is 0 Å². The molecule has 0 bridgehead atoms. The molecule has 1 atom stereocenters. The molecule has 0 heterocycles. The van der Waals surface area contributed by atoms with Crippen LogP contribution in [0.25, 0.3) is 0 Å². The average molecular weight is 223 g/mol. The van der Waals surface area contributed by atoms with E-state index >= 15 is 0 Å². The number of nitrogens with two attached hydrogens (primary N) is 1. The van der Waals surface area contributed by atoms with Gasteiger partial charge in [-0.2, -0.15) is 0 Å². The molecule has 0 saturated carbocycles. The van der Waals surface area contributed by atoms with Crippen molar-refractivity contribution < 1.29 is 9.66 Å². The second-order valence-corrected chi connectivity index (χ2v) is 3.38. The molecule has 6 heteroatoms. The summed E-state index contributed by atoms with van der Waals surface area (Å²) in [5.41, 5.74) is 5.13. The van der Waals surface area contributed by atoms with Gasteiger partial charge in [-0.25, -0.2) is 0 Å². The first-order valence-corrected chi connectivity index (χ1v) is 4.73. The number of hydrogen-bond acceptors (Lipinski definition) is 4. The van der Waals surface area contributed by atoms with E-state index in [-0.39, 0.29) is 29.8 Å². The summed E-state index contributed by atoms with van der Waals surface area (Å²) >= 11 is 0. The van der Waals surface area contributed by atoms with Gasteiger partial charge in [0.25, 0.3) is 0 Å². The van der Waals surface area contributed by atoms with Gasteiger partial charge < -0.3 is 10.5 Å². The average Bonchev–Trinajstić information content (AvgIpc) is 2.16. The summed E-state index contributed by atoms with van der Waals surface area (Å²) in [5, 5.41) is 17.8. The van der Waals surface area contributed by atoms with E-state index in [1.54, 1.807) is 19.1 Å². The number of ether oxygens (including phenoxy) is 1. The number of para-hydroxylation sites is 2. The highest BCUT2D eigenvalue weighted by molar-refractivity contribution is 5.77. The highest BCUT2D eigenvalue weighted by Gasteiger charge is 2.16. The number of nitro groups is 1. The number of nitro benzene ring substituents is 1. The third kappa shape index (κ3) is 3.23. The van der Waals surface area contributed by atoms with Crippen LogP contribution in [0.15, 0.2) is 24.3 Å². The normalized spacial score (nSPS) is 11.8. The molecule has 0 aliphatic heterocycles. The molecule has 0 radical (unpaired) electrons. The summed E-state index contributed by atoms with van der Waals surface area (Å²) in [6.07, 6.45) is -0.120. The Kier molecular flexibility index (Phi) is 3.82. The quantitative estimate of drug-likeness (QED) is 0.343. The van der Waals surface area contributed by atoms with Gasteiger partial charge in [0.2, 0.25) is 0 Å². The number of hydrogen-bond donors (Lipinski definition) is 2. The first kappa shape index (κ1) is 12.0. The largest absolute Gasteiger partial charge is 0.483 e. The Morgan fingerprint density at radius 2 is 2.25 bits per heavy atom. The van der Waals surface area contributed by atoms with Gasteiger partial charge in [-0.1, -0.05) is 12.1 Å². The maximum absolute atomic E-state index is 10.7. The van der Waals surface area contributed by atoms with Crippen LogP contribution in [0.5, 0.6) is 5.75 Å². The van der Waals surface area contributed by atoms with E-state index in [4.69, 9.17) is 15.9 Å². The summed E-state index contributed by atoms with van der Waals surface area (Å²) in [7, 11) is 0. The van der Waals surface area contributed by atoms with Crippen molar-refractivity contribution in [3.8, 4) is 5.75 Å². The van der Waals surface area contributed by atoms with E-state index in [0.717, 1.165) is 0 Å². The Hall–Kier alpha value is -2.11. The Balaban J connectivity index is 2.80. The minimum atomic E-state index is -0.504. The van der Waals surface area contributed by atoms with Crippen molar-refractivity contribution in [1.29, 1.82) is 5.41 Å². The van der Waals surface area contributed by atoms with Crippen molar-refractivity contribution in [3.05, 3.63) is 34.4 Å². The zero-order valence-corrected chi connectivity index (χ0v) is 8.84. The van der Waals surface area contributed by atoms with Gasteiger partial charge in [-0.15, -0.1) is 0 Å². The predicted octanol–water partition coefficient (Wildman–Crippen LogP) is 1.69. The molecule has 0 spiro atoms. The zero-order valence-electron chi connectivity index (χ0n) is 8.84. The Morgan fingerprint density at radius 3 is 2.81 bits per heavy atom. The standard InChI is InChI=1S/C10H13N3O3/c1-7(6-10(11)12)16-9-5-3-2-4-8(9)13(14)15/h2-5,7H,6H2,1H3,(H3,11,12). The highest BCUT2D eigenvalue weighted by atomic mass is 16.6. The molecule has 0 aliphatic rings. The van der Waals surface area contributed by atoms with E-state index in [9.17, 15) is 10.1 Å². The van der Waals surface area contributed by atoms with Crippen LogP contribution in [-0.2, 0) is 0 Å². The Morgan fingerprint density at radius 1 is 1.62 bits per heavy atom. The van der Waals surface area contributed by atoms with E-state index in [0.29, 0.717) is 0 Å². The summed E-state index contributed by atoms with van der Waals surface area (Å²) in [4.78, 5) is 10.2. The molecule has 16 heavy (non-hydrogen) atoms. The Bertz CT molecular complexity index is 406. The molecule has 0 aliphatic carbocycles. The lowest BCUT2D eigenvalue weighted by Crippen LogP contribution is -2.21. The third-order valence-electron chi connectivity index (χ3n) is 1.90. The molecule has 3 N–H and O–H groups in total. The SMILES string of the molecule is CC(CC(=N)N)Oc1ccccc1[N+](=O)[O-]. The monoisotopic (exact) mass is 223 g/mol. The molecule has 1 aromatic rings. The molecule has 1 rings (SSSR count). The minimum absolute atomic E-state index is 0.00826. The van der Waals surface area contributed by atoms with Gasteiger partial charge in [0.05, 0.1) is 10.8 Å². The lowest BCUT2D eigenvalue weighted by molar-refractivity contribution is -0.386. The van der Waals surface area contributed by atoms with Crippen LogP contribution >= 0.6 is 0 Å². The molecular formula is C10H13N3O3. The molecule has 86 valence electrons. The second kappa shape index (κ2) is 5.11. The van der Waals surface area contributed by atoms with Crippen LogP contribution in [0, 0.1) is 15.5 Å². The van der Waals surface area contributed by atoms with Gasteiger partial charge in [-0.3, -0.25) is 15.5 Å². The third-order valence-corrected chi connectivity index (χ3v) is 1.90.